The molecule has 0 radical (unpaired) electrons. The van der Waals surface area contributed by atoms with Gasteiger partial charge in [0.25, 0.3) is 5.91 Å². The fourth-order valence-electron chi connectivity index (χ4n) is 5.20. The van der Waals surface area contributed by atoms with E-state index in [1.165, 1.54) is 11.3 Å². The van der Waals surface area contributed by atoms with E-state index in [4.69, 9.17) is 11.6 Å². The van der Waals surface area contributed by atoms with E-state index in [1.807, 2.05) is 37.3 Å². The molecule has 7 heteroatoms. The largest absolute Gasteiger partial charge is 0.351 e. The molecule has 2 aliphatic rings. The summed E-state index contributed by atoms with van der Waals surface area (Å²) in [6.07, 6.45) is 6.47. The second-order valence-electron chi connectivity index (χ2n) is 9.50. The Morgan fingerprint density at radius 1 is 1.21 bits per heavy atom. The Morgan fingerprint density at radius 3 is 2.70 bits per heavy atom. The minimum absolute atomic E-state index is 0.0757. The van der Waals surface area contributed by atoms with Crippen LogP contribution in [0.25, 0.3) is 10.2 Å². The number of halogens is 1. The van der Waals surface area contributed by atoms with Crippen molar-refractivity contribution in [3.8, 4) is 0 Å². The Labute approximate surface area is 203 Å². The molecule has 2 amide bonds. The van der Waals surface area contributed by atoms with Gasteiger partial charge < -0.3 is 14.8 Å². The molecule has 1 aliphatic heterocycles. The van der Waals surface area contributed by atoms with E-state index in [0.29, 0.717) is 23.8 Å². The van der Waals surface area contributed by atoms with Crippen molar-refractivity contribution in [2.75, 3.05) is 0 Å². The summed E-state index contributed by atoms with van der Waals surface area (Å²) in [5, 5.41) is 3.90. The van der Waals surface area contributed by atoms with Crippen LogP contribution in [0, 0.1) is 0 Å². The first-order valence-electron chi connectivity index (χ1n) is 11.9. The quantitative estimate of drug-likeness (QED) is 0.500. The Balaban J connectivity index is 1.55. The van der Waals surface area contributed by atoms with Gasteiger partial charge in [0, 0.05) is 22.5 Å². The maximum absolute atomic E-state index is 13.9. The molecule has 0 saturated heterocycles. The molecule has 1 N–H and O–H groups in total. The number of carbonyl (C=O) groups is 2. The molecule has 1 saturated carbocycles. The average molecular weight is 484 g/mol. The fraction of sp³-hybridized carbons (Fsp3) is 0.462. The summed E-state index contributed by atoms with van der Waals surface area (Å²) in [7, 11) is 0. The molecule has 5 nitrogen and oxygen atoms in total. The van der Waals surface area contributed by atoms with Crippen LogP contribution in [0.5, 0.6) is 0 Å². The van der Waals surface area contributed by atoms with Crippen LogP contribution in [-0.4, -0.2) is 32.9 Å². The first-order chi connectivity index (χ1) is 15.9. The van der Waals surface area contributed by atoms with Crippen molar-refractivity contribution in [3.05, 3.63) is 57.6 Å². The highest BCUT2D eigenvalue weighted by atomic mass is 35.5. The molecule has 0 spiro atoms. The molecule has 0 unspecified atom stereocenters. The Hall–Kier alpha value is -2.31. The standard InChI is InChI=1S/C26H30ClN3O2S/c1-3-19-13-21-23(33-19)14-22-24(31)30(15-17-9-7-8-12-20(17)27)26(2,16-29(21)22)25(32)28-18-10-5-4-6-11-18/h7-9,12-14,18H,3-6,10-11,15-16H2,1-2H3,(H,28,32)/t26-/m1/s1. The molecule has 174 valence electrons. The maximum Gasteiger partial charge on any atom is 0.271 e. The third-order valence-corrected chi connectivity index (χ3v) is 8.82. The van der Waals surface area contributed by atoms with Crippen LogP contribution in [0.1, 0.15) is 66.9 Å². The monoisotopic (exact) mass is 483 g/mol. The number of hydrogen-bond acceptors (Lipinski definition) is 3. The number of thiophene rings is 1. The number of fused-ring (bicyclic) bond motifs is 3. The minimum atomic E-state index is -1.01. The molecule has 1 aliphatic carbocycles. The third kappa shape index (κ3) is 3.97. The van der Waals surface area contributed by atoms with Crippen molar-refractivity contribution >= 4 is 45.0 Å². The van der Waals surface area contributed by atoms with Gasteiger partial charge in [0.1, 0.15) is 11.2 Å². The van der Waals surface area contributed by atoms with Crippen LogP contribution in [0.4, 0.5) is 0 Å². The summed E-state index contributed by atoms with van der Waals surface area (Å²) < 4.78 is 3.15. The lowest BCUT2D eigenvalue weighted by atomic mass is 9.91. The first-order valence-corrected chi connectivity index (χ1v) is 13.1. The van der Waals surface area contributed by atoms with Crippen molar-refractivity contribution in [2.24, 2.45) is 0 Å². The number of benzene rings is 1. The van der Waals surface area contributed by atoms with E-state index in [-0.39, 0.29) is 17.9 Å². The zero-order chi connectivity index (χ0) is 23.2. The van der Waals surface area contributed by atoms with Gasteiger partial charge in [0.15, 0.2) is 0 Å². The van der Waals surface area contributed by atoms with Gasteiger partial charge in [-0.2, -0.15) is 0 Å². The van der Waals surface area contributed by atoms with E-state index in [0.717, 1.165) is 47.9 Å². The van der Waals surface area contributed by atoms with Crippen LogP contribution in [0.2, 0.25) is 5.02 Å². The number of nitrogens with one attached hydrogen (secondary N) is 1. The van der Waals surface area contributed by atoms with Gasteiger partial charge in [0.05, 0.1) is 16.8 Å². The third-order valence-electron chi connectivity index (χ3n) is 7.23. The van der Waals surface area contributed by atoms with Crippen LogP contribution >= 0.6 is 22.9 Å². The number of aryl methyl sites for hydroxylation is 1. The van der Waals surface area contributed by atoms with E-state index in [9.17, 15) is 9.59 Å². The van der Waals surface area contributed by atoms with Gasteiger partial charge in [0.2, 0.25) is 5.91 Å². The maximum atomic E-state index is 13.9. The summed E-state index contributed by atoms with van der Waals surface area (Å²) in [6, 6.07) is 11.9. The number of hydrogen-bond donors (Lipinski definition) is 1. The van der Waals surface area contributed by atoms with Crippen LogP contribution in [0.3, 0.4) is 0 Å². The molecule has 1 atom stereocenters. The van der Waals surface area contributed by atoms with Crippen molar-refractivity contribution in [1.82, 2.24) is 14.8 Å². The molecule has 2 aromatic heterocycles. The normalized spacial score (nSPS) is 21.4. The zero-order valence-corrected chi connectivity index (χ0v) is 20.8. The smallest absolute Gasteiger partial charge is 0.271 e. The van der Waals surface area contributed by atoms with E-state index in [2.05, 4.69) is 22.9 Å². The fourth-order valence-corrected chi connectivity index (χ4v) is 6.43. The highest BCUT2D eigenvalue weighted by Gasteiger charge is 2.48. The number of aromatic nitrogens is 1. The van der Waals surface area contributed by atoms with Gasteiger partial charge in [-0.15, -0.1) is 11.3 Å². The number of carbonyl (C=O) groups excluding carboxylic acids is 2. The molecule has 3 aromatic rings. The minimum Gasteiger partial charge on any atom is -0.351 e. The van der Waals surface area contributed by atoms with Gasteiger partial charge in [-0.3, -0.25) is 9.59 Å². The SMILES string of the molecule is CCc1cc2c(cc3n2C[C@](C)(C(=O)NC2CCCCC2)N(Cc2ccccc2Cl)C3=O)s1. The highest BCUT2D eigenvalue weighted by molar-refractivity contribution is 7.19. The second-order valence-corrected chi connectivity index (χ2v) is 11.1. The lowest BCUT2D eigenvalue weighted by molar-refractivity contribution is -0.134. The summed E-state index contributed by atoms with van der Waals surface area (Å²) in [5.41, 5.74) is 1.53. The lowest BCUT2D eigenvalue weighted by Gasteiger charge is -2.45. The van der Waals surface area contributed by atoms with E-state index < -0.39 is 5.54 Å². The molecular formula is C26H30ClN3O2S. The Kier molecular flexibility index (Phi) is 6.00. The van der Waals surface area contributed by atoms with Crippen molar-refractivity contribution in [3.63, 3.8) is 0 Å². The summed E-state index contributed by atoms with van der Waals surface area (Å²) in [6.45, 7) is 4.77. The van der Waals surface area contributed by atoms with Crippen molar-refractivity contribution < 1.29 is 9.59 Å². The van der Waals surface area contributed by atoms with Crippen LogP contribution < -0.4 is 5.32 Å². The molecule has 0 bridgehead atoms. The van der Waals surface area contributed by atoms with Crippen LogP contribution in [-0.2, 0) is 24.3 Å². The van der Waals surface area contributed by atoms with E-state index in [1.54, 1.807) is 16.2 Å². The number of amides is 2. The van der Waals surface area contributed by atoms with Crippen LogP contribution in [0.15, 0.2) is 36.4 Å². The predicted molar refractivity (Wildman–Crippen MR) is 134 cm³/mol. The van der Waals surface area contributed by atoms with Crippen molar-refractivity contribution in [2.45, 2.75) is 77.0 Å². The number of rotatable bonds is 5. The average Bonchev–Trinajstić information content (AvgIpc) is 3.37. The summed E-state index contributed by atoms with van der Waals surface area (Å²) in [5.74, 6) is -0.197. The topological polar surface area (TPSA) is 54.3 Å². The second kappa shape index (κ2) is 8.80. The first kappa shape index (κ1) is 22.5. The molecular weight excluding hydrogens is 454 g/mol. The Bertz CT molecular complexity index is 1210. The van der Waals surface area contributed by atoms with E-state index >= 15 is 0 Å². The zero-order valence-electron chi connectivity index (χ0n) is 19.2. The molecule has 1 fully saturated rings. The molecule has 1 aromatic carbocycles. The summed E-state index contributed by atoms with van der Waals surface area (Å²) in [4.78, 5) is 30.7. The van der Waals surface area contributed by atoms with Gasteiger partial charge in [-0.25, -0.2) is 0 Å². The highest BCUT2D eigenvalue weighted by Crippen LogP contribution is 2.37. The summed E-state index contributed by atoms with van der Waals surface area (Å²) >= 11 is 8.18. The lowest BCUT2D eigenvalue weighted by Crippen LogP contribution is -2.64. The molecule has 5 rings (SSSR count). The molecule has 3 heterocycles. The van der Waals surface area contributed by atoms with Crippen molar-refractivity contribution in [1.29, 1.82) is 0 Å². The Morgan fingerprint density at radius 2 is 1.97 bits per heavy atom. The van der Waals surface area contributed by atoms with Gasteiger partial charge in [-0.05, 0) is 49.9 Å². The molecule has 33 heavy (non-hydrogen) atoms. The van der Waals surface area contributed by atoms with Gasteiger partial charge >= 0.3 is 0 Å². The van der Waals surface area contributed by atoms with Gasteiger partial charge in [-0.1, -0.05) is 56.0 Å². The number of nitrogens with zero attached hydrogens (tertiary/aromatic N) is 2. The predicted octanol–water partition coefficient (Wildman–Crippen LogP) is 5.78.